The summed E-state index contributed by atoms with van der Waals surface area (Å²) in [7, 11) is 0. The highest BCUT2D eigenvalue weighted by Gasteiger charge is 2.36. The van der Waals surface area contributed by atoms with Gasteiger partial charge in [-0.2, -0.15) is 0 Å². The van der Waals surface area contributed by atoms with Gasteiger partial charge in [0.1, 0.15) is 12.6 Å². The van der Waals surface area contributed by atoms with Gasteiger partial charge in [0.05, 0.1) is 10.2 Å². The second-order valence-electron chi connectivity index (χ2n) is 7.40. The predicted octanol–water partition coefficient (Wildman–Crippen LogP) is 4.08. The van der Waals surface area contributed by atoms with Gasteiger partial charge in [0.15, 0.2) is 4.34 Å². The lowest BCUT2D eigenvalue weighted by atomic mass is 10.1. The molecule has 3 aromatic rings. The molecule has 0 spiro atoms. The van der Waals surface area contributed by atoms with E-state index in [4.69, 9.17) is 4.74 Å². The molecule has 166 valence electrons. The van der Waals surface area contributed by atoms with Crippen LogP contribution in [0.1, 0.15) is 25.3 Å². The van der Waals surface area contributed by atoms with Crippen molar-refractivity contribution in [2.45, 2.75) is 36.7 Å². The van der Waals surface area contributed by atoms with Gasteiger partial charge in [0.25, 0.3) is 0 Å². The molecular formula is C23H23N3O4S2. The average molecular weight is 470 g/mol. The number of likely N-dealkylation sites (tertiary alicyclic amines) is 1. The van der Waals surface area contributed by atoms with Crippen LogP contribution in [0.15, 0.2) is 52.9 Å². The Morgan fingerprint density at radius 1 is 1.25 bits per heavy atom. The summed E-state index contributed by atoms with van der Waals surface area (Å²) in [5, 5.41) is 2.97. The summed E-state index contributed by atoms with van der Waals surface area (Å²) in [5.74, 6) is 0.172. The van der Waals surface area contributed by atoms with Gasteiger partial charge < -0.3 is 15.0 Å². The number of fused-ring (bicyclic) bond motifs is 1. The number of anilines is 1. The van der Waals surface area contributed by atoms with E-state index in [2.05, 4.69) is 10.3 Å². The van der Waals surface area contributed by atoms with Gasteiger partial charge in [-0.25, -0.2) is 4.98 Å². The van der Waals surface area contributed by atoms with Crippen molar-refractivity contribution >= 4 is 56.8 Å². The first-order chi connectivity index (χ1) is 15.5. The van der Waals surface area contributed by atoms with Crippen LogP contribution in [0, 0.1) is 0 Å². The number of esters is 1. The third-order valence-corrected chi connectivity index (χ3v) is 7.20. The summed E-state index contributed by atoms with van der Waals surface area (Å²) in [6.07, 6.45) is 0.899. The van der Waals surface area contributed by atoms with E-state index in [1.807, 2.05) is 48.5 Å². The number of hydrogen-bond donors (Lipinski definition) is 1. The molecule has 0 saturated carbocycles. The van der Waals surface area contributed by atoms with Gasteiger partial charge in [0, 0.05) is 31.3 Å². The SMILES string of the molecule is CC(=O)OCCSc1nc2ccc(NC(=O)C3CCC(=O)N3Cc3ccccc3)cc2s1. The van der Waals surface area contributed by atoms with E-state index in [1.165, 1.54) is 30.0 Å². The average Bonchev–Trinajstić information content (AvgIpc) is 3.34. The van der Waals surface area contributed by atoms with E-state index in [0.29, 0.717) is 37.4 Å². The van der Waals surface area contributed by atoms with Crippen molar-refractivity contribution in [3.63, 3.8) is 0 Å². The Labute approximate surface area is 194 Å². The van der Waals surface area contributed by atoms with Crippen molar-refractivity contribution in [1.29, 1.82) is 0 Å². The Morgan fingerprint density at radius 2 is 2.06 bits per heavy atom. The quantitative estimate of drug-likeness (QED) is 0.304. The third kappa shape index (κ3) is 5.46. The highest BCUT2D eigenvalue weighted by Crippen LogP contribution is 2.31. The largest absolute Gasteiger partial charge is 0.465 e. The minimum absolute atomic E-state index is 0.00216. The summed E-state index contributed by atoms with van der Waals surface area (Å²) in [6, 6.07) is 14.8. The van der Waals surface area contributed by atoms with Gasteiger partial charge in [-0.15, -0.1) is 11.3 Å². The van der Waals surface area contributed by atoms with Crippen molar-refractivity contribution in [2.24, 2.45) is 0 Å². The van der Waals surface area contributed by atoms with Crippen molar-refractivity contribution in [3.05, 3.63) is 54.1 Å². The normalized spacial score (nSPS) is 15.8. The molecule has 1 aromatic heterocycles. The lowest BCUT2D eigenvalue weighted by molar-refractivity contribution is -0.140. The molecule has 1 unspecified atom stereocenters. The van der Waals surface area contributed by atoms with Crippen LogP contribution in [0.3, 0.4) is 0 Å². The number of nitrogens with one attached hydrogen (secondary N) is 1. The zero-order valence-electron chi connectivity index (χ0n) is 17.6. The van der Waals surface area contributed by atoms with Crippen LogP contribution in [0.5, 0.6) is 0 Å². The lowest BCUT2D eigenvalue weighted by Crippen LogP contribution is -2.41. The Bertz CT molecular complexity index is 1130. The van der Waals surface area contributed by atoms with Crippen LogP contribution >= 0.6 is 23.1 Å². The predicted molar refractivity (Wildman–Crippen MR) is 126 cm³/mol. The lowest BCUT2D eigenvalue weighted by Gasteiger charge is -2.24. The number of carbonyl (C=O) groups excluding carboxylic acids is 3. The Morgan fingerprint density at radius 3 is 2.84 bits per heavy atom. The van der Waals surface area contributed by atoms with Crippen molar-refractivity contribution < 1.29 is 19.1 Å². The Hall–Kier alpha value is -2.91. The minimum atomic E-state index is -0.479. The molecule has 1 N–H and O–H groups in total. The second-order valence-corrected chi connectivity index (χ2v) is 9.77. The Balaban J connectivity index is 1.40. The van der Waals surface area contributed by atoms with Crippen LogP contribution in [-0.2, 0) is 25.7 Å². The fourth-order valence-electron chi connectivity index (χ4n) is 3.57. The molecule has 1 aliphatic rings. The fourth-order valence-corrected chi connectivity index (χ4v) is 5.56. The molecule has 2 heterocycles. The molecule has 7 nitrogen and oxygen atoms in total. The molecule has 1 aliphatic heterocycles. The summed E-state index contributed by atoms with van der Waals surface area (Å²) >= 11 is 3.06. The van der Waals surface area contributed by atoms with Crippen LogP contribution in [0.25, 0.3) is 10.2 Å². The van der Waals surface area contributed by atoms with Crippen LogP contribution in [-0.4, -0.2) is 46.1 Å². The molecule has 1 saturated heterocycles. The van der Waals surface area contributed by atoms with Gasteiger partial charge >= 0.3 is 5.97 Å². The number of nitrogens with zero attached hydrogens (tertiary/aromatic N) is 2. The molecule has 1 fully saturated rings. The standard InChI is InChI=1S/C23H23N3O4S2/c1-15(27)30-11-12-31-23-25-18-8-7-17(13-20(18)32-23)24-22(29)19-9-10-21(28)26(19)14-16-5-3-2-4-6-16/h2-8,13,19H,9-12,14H2,1H3,(H,24,29). The van der Waals surface area contributed by atoms with Crippen LogP contribution in [0.2, 0.25) is 0 Å². The number of carbonyl (C=O) groups is 3. The Kier molecular flexibility index (Phi) is 7.06. The van der Waals surface area contributed by atoms with Crippen molar-refractivity contribution in [1.82, 2.24) is 9.88 Å². The third-order valence-electron chi connectivity index (χ3n) is 5.08. The van der Waals surface area contributed by atoms with E-state index >= 15 is 0 Å². The van der Waals surface area contributed by atoms with Gasteiger partial charge in [0.2, 0.25) is 11.8 Å². The molecule has 1 atom stereocenters. The number of amides is 2. The van der Waals surface area contributed by atoms with Gasteiger partial charge in [-0.05, 0) is 30.2 Å². The fraction of sp³-hybridized carbons (Fsp3) is 0.304. The first-order valence-electron chi connectivity index (χ1n) is 10.3. The molecule has 0 aliphatic carbocycles. The van der Waals surface area contributed by atoms with E-state index in [0.717, 1.165) is 20.1 Å². The molecule has 0 bridgehead atoms. The zero-order chi connectivity index (χ0) is 22.5. The summed E-state index contributed by atoms with van der Waals surface area (Å²) in [4.78, 5) is 42.4. The summed E-state index contributed by atoms with van der Waals surface area (Å²) < 4.78 is 6.78. The maximum absolute atomic E-state index is 13.0. The highest BCUT2D eigenvalue weighted by atomic mass is 32.2. The number of hydrogen-bond acceptors (Lipinski definition) is 7. The number of aromatic nitrogens is 1. The van der Waals surface area contributed by atoms with E-state index in [1.54, 1.807) is 4.90 Å². The molecule has 2 amide bonds. The summed E-state index contributed by atoms with van der Waals surface area (Å²) in [6.45, 7) is 2.16. The molecule has 0 radical (unpaired) electrons. The van der Waals surface area contributed by atoms with Crippen molar-refractivity contribution in [3.8, 4) is 0 Å². The topological polar surface area (TPSA) is 88.6 Å². The maximum atomic E-state index is 13.0. The number of ether oxygens (including phenoxy) is 1. The van der Waals surface area contributed by atoms with Gasteiger partial charge in [-0.3, -0.25) is 14.4 Å². The smallest absolute Gasteiger partial charge is 0.302 e. The van der Waals surface area contributed by atoms with Crippen LogP contribution < -0.4 is 5.32 Å². The molecule has 9 heteroatoms. The van der Waals surface area contributed by atoms with E-state index < -0.39 is 6.04 Å². The first kappa shape index (κ1) is 22.3. The van der Waals surface area contributed by atoms with Gasteiger partial charge in [-0.1, -0.05) is 42.1 Å². The molecular weight excluding hydrogens is 446 g/mol. The molecule has 4 rings (SSSR count). The zero-order valence-corrected chi connectivity index (χ0v) is 19.2. The number of thioether (sulfide) groups is 1. The van der Waals surface area contributed by atoms with E-state index in [-0.39, 0.29) is 17.8 Å². The minimum Gasteiger partial charge on any atom is -0.465 e. The highest BCUT2D eigenvalue weighted by molar-refractivity contribution is 8.01. The number of benzene rings is 2. The second kappa shape index (κ2) is 10.1. The number of rotatable bonds is 8. The van der Waals surface area contributed by atoms with E-state index in [9.17, 15) is 14.4 Å². The summed E-state index contributed by atoms with van der Waals surface area (Å²) in [5.41, 5.74) is 2.54. The first-order valence-corrected chi connectivity index (χ1v) is 12.1. The monoisotopic (exact) mass is 469 g/mol. The van der Waals surface area contributed by atoms with Crippen LogP contribution in [0.4, 0.5) is 5.69 Å². The number of thiazole rings is 1. The molecule has 2 aromatic carbocycles. The maximum Gasteiger partial charge on any atom is 0.302 e. The molecule has 32 heavy (non-hydrogen) atoms. The van der Waals surface area contributed by atoms with Crippen molar-refractivity contribution in [2.75, 3.05) is 17.7 Å².